The van der Waals surface area contributed by atoms with Crippen molar-refractivity contribution in [2.45, 2.75) is 0 Å². The molecule has 0 saturated heterocycles. The number of hydrogen-bond acceptors (Lipinski definition) is 5. The van der Waals surface area contributed by atoms with E-state index in [1.807, 2.05) is 0 Å². The Bertz CT molecular complexity index is 709. The number of Topliss-reactive ketones (excluding diaryl/α,β-unsaturated/α-hetero) is 1. The van der Waals surface area contributed by atoms with Crippen LogP contribution in [0.2, 0.25) is 0 Å². The molecule has 0 aliphatic rings. The molecule has 0 atom stereocenters. The summed E-state index contributed by atoms with van der Waals surface area (Å²) in [6.07, 6.45) is 0. The molecule has 0 heterocycles. The van der Waals surface area contributed by atoms with Gasteiger partial charge in [0.15, 0.2) is 17.3 Å². The average Bonchev–Trinajstić information content (AvgIpc) is 2.59. The van der Waals surface area contributed by atoms with Gasteiger partial charge in [0.2, 0.25) is 0 Å². The lowest BCUT2D eigenvalue weighted by molar-refractivity contribution is 0.0696. The van der Waals surface area contributed by atoms with Gasteiger partial charge in [0.25, 0.3) is 0 Å². The third kappa shape index (κ3) is 4.00. The molecule has 6 nitrogen and oxygen atoms in total. The first kappa shape index (κ1) is 16.4. The van der Waals surface area contributed by atoms with Crippen LogP contribution in [0.3, 0.4) is 0 Å². The molecule has 6 heteroatoms. The highest BCUT2D eigenvalue weighted by Gasteiger charge is 2.11. The number of ether oxygens (including phenoxy) is 2. The largest absolute Gasteiger partial charge is 0.493 e. The van der Waals surface area contributed by atoms with Gasteiger partial charge >= 0.3 is 5.97 Å². The van der Waals surface area contributed by atoms with Crippen LogP contribution in [-0.4, -0.2) is 37.6 Å². The average molecular weight is 315 g/mol. The summed E-state index contributed by atoms with van der Waals surface area (Å²) in [6.45, 7) is 0.0852. The molecule has 0 aliphatic heterocycles. The molecule has 0 radical (unpaired) electrons. The second-order valence-corrected chi connectivity index (χ2v) is 4.73. The number of benzene rings is 2. The number of carbonyl (C=O) groups is 2. The first-order valence-electron chi connectivity index (χ1n) is 6.87. The summed E-state index contributed by atoms with van der Waals surface area (Å²) in [5.74, 6) is -0.0587. The van der Waals surface area contributed by atoms with Crippen molar-refractivity contribution in [3.8, 4) is 11.5 Å². The fourth-order valence-electron chi connectivity index (χ4n) is 2.02. The third-order valence-electron chi connectivity index (χ3n) is 3.29. The normalized spacial score (nSPS) is 10.0. The van der Waals surface area contributed by atoms with E-state index < -0.39 is 5.97 Å². The molecule has 0 bridgehead atoms. The van der Waals surface area contributed by atoms with Gasteiger partial charge in [-0.1, -0.05) is 0 Å². The summed E-state index contributed by atoms with van der Waals surface area (Å²) in [6, 6.07) is 11.1. The number of anilines is 1. The smallest absolute Gasteiger partial charge is 0.335 e. The SMILES string of the molecule is COc1ccc(C(=O)CNc2ccc(C(=O)O)cc2)cc1OC. The molecule has 0 aliphatic carbocycles. The molecule has 2 rings (SSSR count). The molecule has 0 saturated carbocycles. The first-order chi connectivity index (χ1) is 11.0. The van der Waals surface area contributed by atoms with Gasteiger partial charge in [0, 0.05) is 11.3 Å². The molecule has 120 valence electrons. The minimum Gasteiger partial charge on any atom is -0.493 e. The number of hydrogen-bond donors (Lipinski definition) is 2. The number of carboxylic acids is 1. The number of aromatic carboxylic acids is 1. The summed E-state index contributed by atoms with van der Waals surface area (Å²) in [4.78, 5) is 23.0. The van der Waals surface area contributed by atoms with Gasteiger partial charge in [0.05, 0.1) is 26.3 Å². The molecule has 0 aromatic heterocycles. The minimum atomic E-state index is -0.988. The predicted octanol–water partition coefficient (Wildman–Crippen LogP) is 2.70. The van der Waals surface area contributed by atoms with Gasteiger partial charge in [-0.25, -0.2) is 4.79 Å². The zero-order chi connectivity index (χ0) is 16.8. The van der Waals surface area contributed by atoms with Crippen molar-refractivity contribution in [2.24, 2.45) is 0 Å². The zero-order valence-electron chi connectivity index (χ0n) is 12.8. The van der Waals surface area contributed by atoms with E-state index in [0.717, 1.165) is 0 Å². The van der Waals surface area contributed by atoms with Gasteiger partial charge < -0.3 is 19.9 Å². The van der Waals surface area contributed by atoms with Gasteiger partial charge in [-0.05, 0) is 42.5 Å². The Morgan fingerprint density at radius 3 is 2.13 bits per heavy atom. The van der Waals surface area contributed by atoms with E-state index in [4.69, 9.17) is 14.6 Å². The second-order valence-electron chi connectivity index (χ2n) is 4.73. The standard InChI is InChI=1S/C17H17NO5/c1-22-15-8-5-12(9-16(15)23-2)14(19)10-18-13-6-3-11(4-7-13)17(20)21/h3-9,18H,10H2,1-2H3,(H,20,21). The van der Waals surface area contributed by atoms with Gasteiger partial charge in [-0.2, -0.15) is 0 Å². The van der Waals surface area contributed by atoms with E-state index in [0.29, 0.717) is 22.7 Å². The van der Waals surface area contributed by atoms with Crippen LogP contribution >= 0.6 is 0 Å². The lowest BCUT2D eigenvalue weighted by Gasteiger charge is -2.10. The van der Waals surface area contributed by atoms with Crippen molar-refractivity contribution >= 4 is 17.4 Å². The number of nitrogens with one attached hydrogen (secondary N) is 1. The number of methoxy groups -OCH3 is 2. The molecule has 0 spiro atoms. The van der Waals surface area contributed by atoms with Crippen molar-refractivity contribution in [3.05, 3.63) is 53.6 Å². The molecule has 23 heavy (non-hydrogen) atoms. The molecule has 0 unspecified atom stereocenters. The predicted molar refractivity (Wildman–Crippen MR) is 85.8 cm³/mol. The quantitative estimate of drug-likeness (QED) is 0.764. The van der Waals surface area contributed by atoms with E-state index in [1.54, 1.807) is 30.3 Å². The van der Waals surface area contributed by atoms with Crippen molar-refractivity contribution in [3.63, 3.8) is 0 Å². The van der Waals surface area contributed by atoms with Crippen LogP contribution in [-0.2, 0) is 0 Å². The highest BCUT2D eigenvalue weighted by molar-refractivity contribution is 5.99. The lowest BCUT2D eigenvalue weighted by atomic mass is 10.1. The number of carboxylic acid groups (broad SMARTS) is 1. The maximum absolute atomic E-state index is 12.2. The maximum Gasteiger partial charge on any atom is 0.335 e. The monoisotopic (exact) mass is 315 g/mol. The van der Waals surface area contributed by atoms with Crippen LogP contribution in [0.15, 0.2) is 42.5 Å². The summed E-state index contributed by atoms with van der Waals surface area (Å²) in [5, 5.41) is 11.8. The molecular formula is C17H17NO5. The molecule has 2 aromatic carbocycles. The van der Waals surface area contributed by atoms with Crippen molar-refractivity contribution in [1.82, 2.24) is 0 Å². The molecule has 2 aromatic rings. The number of ketones is 1. The summed E-state index contributed by atoms with van der Waals surface area (Å²) >= 11 is 0. The van der Waals surface area contributed by atoms with E-state index in [-0.39, 0.29) is 17.9 Å². The number of carbonyl (C=O) groups excluding carboxylic acids is 1. The summed E-state index contributed by atoms with van der Waals surface area (Å²) in [7, 11) is 3.04. The fourth-order valence-corrected chi connectivity index (χ4v) is 2.02. The van der Waals surface area contributed by atoms with Crippen LogP contribution in [0.4, 0.5) is 5.69 Å². The van der Waals surface area contributed by atoms with Crippen LogP contribution < -0.4 is 14.8 Å². The maximum atomic E-state index is 12.2. The van der Waals surface area contributed by atoms with E-state index >= 15 is 0 Å². The Morgan fingerprint density at radius 2 is 1.57 bits per heavy atom. The molecule has 0 amide bonds. The topological polar surface area (TPSA) is 84.9 Å². The fraction of sp³-hybridized carbons (Fsp3) is 0.176. The van der Waals surface area contributed by atoms with Crippen molar-refractivity contribution in [1.29, 1.82) is 0 Å². The van der Waals surface area contributed by atoms with E-state index in [2.05, 4.69) is 5.32 Å². The Labute approximate surface area is 133 Å². The van der Waals surface area contributed by atoms with Gasteiger partial charge in [0.1, 0.15) is 0 Å². The van der Waals surface area contributed by atoms with Crippen LogP contribution in [0.5, 0.6) is 11.5 Å². The minimum absolute atomic E-state index is 0.0852. The summed E-state index contributed by atoms with van der Waals surface area (Å²) < 4.78 is 10.3. The molecule has 2 N–H and O–H groups in total. The van der Waals surface area contributed by atoms with Crippen molar-refractivity contribution in [2.75, 3.05) is 26.1 Å². The highest BCUT2D eigenvalue weighted by atomic mass is 16.5. The Kier molecular flexibility index (Phi) is 5.19. The Balaban J connectivity index is 2.03. The van der Waals surface area contributed by atoms with Gasteiger partial charge in [-0.3, -0.25) is 4.79 Å². The number of rotatable bonds is 7. The molecular weight excluding hydrogens is 298 g/mol. The van der Waals surface area contributed by atoms with Gasteiger partial charge in [-0.15, -0.1) is 0 Å². The van der Waals surface area contributed by atoms with E-state index in [9.17, 15) is 9.59 Å². The second kappa shape index (κ2) is 7.31. The van der Waals surface area contributed by atoms with Crippen LogP contribution in [0.25, 0.3) is 0 Å². The first-order valence-corrected chi connectivity index (χ1v) is 6.87. The highest BCUT2D eigenvalue weighted by Crippen LogP contribution is 2.27. The Hall–Kier alpha value is -3.02. The zero-order valence-corrected chi connectivity index (χ0v) is 12.8. The summed E-state index contributed by atoms with van der Waals surface area (Å²) in [5.41, 5.74) is 1.36. The van der Waals surface area contributed by atoms with E-state index in [1.165, 1.54) is 26.4 Å². The third-order valence-corrected chi connectivity index (χ3v) is 3.29. The molecule has 0 fully saturated rings. The van der Waals surface area contributed by atoms with Crippen LogP contribution in [0.1, 0.15) is 20.7 Å². The lowest BCUT2D eigenvalue weighted by Crippen LogP contribution is -2.14. The van der Waals surface area contributed by atoms with Crippen molar-refractivity contribution < 1.29 is 24.2 Å². The van der Waals surface area contributed by atoms with Crippen LogP contribution in [0, 0.1) is 0 Å². The Morgan fingerprint density at radius 1 is 0.957 bits per heavy atom.